The van der Waals surface area contributed by atoms with Gasteiger partial charge in [0.2, 0.25) is 0 Å². The van der Waals surface area contributed by atoms with Crippen LogP contribution in [0.2, 0.25) is 0 Å². The average Bonchev–Trinajstić information content (AvgIpc) is 2.20. The summed E-state index contributed by atoms with van der Waals surface area (Å²) in [7, 11) is 0. The van der Waals surface area contributed by atoms with E-state index in [1.165, 1.54) is 0 Å². The van der Waals surface area contributed by atoms with Crippen LogP contribution in [0.25, 0.3) is 0 Å². The predicted molar refractivity (Wildman–Crippen MR) is 76.0 cm³/mol. The number of urea groups is 1. The molecular weight excluding hydrogens is 244 g/mol. The lowest BCUT2D eigenvalue weighted by Crippen LogP contribution is -2.53. The molecule has 0 spiro atoms. The van der Waals surface area contributed by atoms with Crippen molar-refractivity contribution in [2.45, 2.75) is 54.5 Å². The number of rotatable bonds is 5. The number of carbonyl (C=O) groups excluding carboxylic acids is 1. The third-order valence-corrected chi connectivity index (χ3v) is 3.66. The van der Waals surface area contributed by atoms with Crippen molar-refractivity contribution in [1.82, 2.24) is 10.6 Å². The highest BCUT2D eigenvalue weighted by Crippen LogP contribution is 2.24. The lowest BCUT2D eigenvalue weighted by atomic mass is 9.81. The maximum Gasteiger partial charge on any atom is 0.326 e. The molecule has 2 amide bonds. The van der Waals surface area contributed by atoms with Crippen LogP contribution in [0, 0.1) is 16.7 Å². The fraction of sp³-hybridized carbons (Fsp3) is 0.857. The van der Waals surface area contributed by atoms with Crippen LogP contribution in [0.15, 0.2) is 0 Å². The Morgan fingerprint density at radius 3 is 1.89 bits per heavy atom. The molecule has 0 aromatic rings. The molecule has 0 aromatic heterocycles. The van der Waals surface area contributed by atoms with Gasteiger partial charge in [0.1, 0.15) is 6.04 Å². The minimum absolute atomic E-state index is 0.0300. The average molecular weight is 272 g/mol. The molecule has 0 radical (unpaired) electrons. The molecule has 0 aliphatic heterocycles. The Balaban J connectivity index is 4.50. The number of hydrogen-bond acceptors (Lipinski definition) is 2. The highest BCUT2D eigenvalue weighted by molar-refractivity contribution is 5.83. The van der Waals surface area contributed by atoms with E-state index in [9.17, 15) is 9.59 Å². The first-order chi connectivity index (χ1) is 8.38. The number of carboxylic acids is 1. The summed E-state index contributed by atoms with van der Waals surface area (Å²) in [6.07, 6.45) is 0. The summed E-state index contributed by atoms with van der Waals surface area (Å²) in [5.74, 6) is -0.601. The minimum Gasteiger partial charge on any atom is -0.480 e. The highest BCUT2D eigenvalue weighted by atomic mass is 16.4. The Labute approximate surface area is 116 Å². The monoisotopic (exact) mass is 272 g/mol. The minimum atomic E-state index is -1.02. The lowest BCUT2D eigenvalue weighted by molar-refractivity contribution is -0.141. The van der Waals surface area contributed by atoms with E-state index < -0.39 is 23.5 Å². The molecule has 1 unspecified atom stereocenters. The molecule has 0 aliphatic carbocycles. The van der Waals surface area contributed by atoms with Gasteiger partial charge in [0, 0.05) is 6.54 Å². The zero-order valence-electron chi connectivity index (χ0n) is 13.1. The van der Waals surface area contributed by atoms with Crippen LogP contribution < -0.4 is 10.6 Å². The first-order valence-electron chi connectivity index (χ1n) is 6.65. The quantitative estimate of drug-likeness (QED) is 0.719. The Morgan fingerprint density at radius 2 is 1.58 bits per heavy atom. The molecule has 19 heavy (non-hydrogen) atoms. The molecule has 0 rings (SSSR count). The molecule has 0 heterocycles. The zero-order chi connectivity index (χ0) is 15.4. The van der Waals surface area contributed by atoms with Crippen molar-refractivity contribution >= 4 is 12.0 Å². The summed E-state index contributed by atoms with van der Waals surface area (Å²) < 4.78 is 0. The highest BCUT2D eigenvalue weighted by Gasteiger charge is 2.33. The van der Waals surface area contributed by atoms with Gasteiger partial charge in [-0.1, -0.05) is 48.5 Å². The number of carboxylic acid groups (broad SMARTS) is 1. The largest absolute Gasteiger partial charge is 0.480 e. The summed E-state index contributed by atoms with van der Waals surface area (Å²) in [5.41, 5.74) is -0.561. The molecule has 5 nitrogen and oxygen atoms in total. The van der Waals surface area contributed by atoms with E-state index in [4.69, 9.17) is 5.11 Å². The molecule has 3 N–H and O–H groups in total. The fourth-order valence-electron chi connectivity index (χ4n) is 1.34. The molecule has 1 atom stereocenters. The number of nitrogens with one attached hydrogen (secondary N) is 2. The Morgan fingerprint density at radius 1 is 1.11 bits per heavy atom. The Hall–Kier alpha value is -1.26. The van der Waals surface area contributed by atoms with Crippen LogP contribution in [0.3, 0.4) is 0 Å². The second kappa shape index (κ2) is 6.26. The van der Waals surface area contributed by atoms with Crippen molar-refractivity contribution in [3.63, 3.8) is 0 Å². The molecule has 0 saturated carbocycles. The van der Waals surface area contributed by atoms with E-state index in [1.54, 1.807) is 20.8 Å². The van der Waals surface area contributed by atoms with Crippen LogP contribution in [0.1, 0.15) is 48.5 Å². The third-order valence-electron chi connectivity index (χ3n) is 3.66. The van der Waals surface area contributed by atoms with Gasteiger partial charge in [-0.2, -0.15) is 0 Å². The topological polar surface area (TPSA) is 78.4 Å². The summed E-state index contributed by atoms with van der Waals surface area (Å²) in [6.45, 7) is 14.2. The fourth-order valence-corrected chi connectivity index (χ4v) is 1.34. The van der Waals surface area contributed by atoms with Gasteiger partial charge in [0.25, 0.3) is 0 Å². The van der Waals surface area contributed by atoms with Gasteiger partial charge in [-0.15, -0.1) is 0 Å². The SMILES string of the molecule is CC(C)C(C)(C)CNC(=O)NC(C(=O)O)C(C)(C)C. The van der Waals surface area contributed by atoms with E-state index in [0.717, 1.165) is 0 Å². The number of amides is 2. The van der Waals surface area contributed by atoms with Gasteiger partial charge in [0.05, 0.1) is 0 Å². The summed E-state index contributed by atoms with van der Waals surface area (Å²) in [5, 5.41) is 14.4. The van der Waals surface area contributed by atoms with Crippen LogP contribution in [0.5, 0.6) is 0 Å². The van der Waals surface area contributed by atoms with Crippen molar-refractivity contribution < 1.29 is 14.7 Å². The number of aliphatic carboxylic acids is 1. The van der Waals surface area contributed by atoms with Gasteiger partial charge < -0.3 is 15.7 Å². The molecule has 0 aromatic carbocycles. The molecule has 0 fully saturated rings. The van der Waals surface area contributed by atoms with Gasteiger partial charge in [-0.05, 0) is 16.7 Å². The number of carbonyl (C=O) groups is 2. The molecule has 0 bridgehead atoms. The smallest absolute Gasteiger partial charge is 0.326 e. The van der Waals surface area contributed by atoms with Crippen LogP contribution in [0.4, 0.5) is 4.79 Å². The Bertz CT molecular complexity index is 330. The first kappa shape index (κ1) is 17.7. The van der Waals surface area contributed by atoms with Crippen LogP contribution in [-0.2, 0) is 4.79 Å². The predicted octanol–water partition coefficient (Wildman–Crippen LogP) is 2.47. The first-order valence-corrected chi connectivity index (χ1v) is 6.65. The number of hydrogen-bond donors (Lipinski definition) is 3. The van der Waals surface area contributed by atoms with Crippen molar-refractivity contribution in [3.8, 4) is 0 Å². The second-order valence-electron chi connectivity index (χ2n) is 7.11. The summed E-state index contributed by atoms with van der Waals surface area (Å²) >= 11 is 0. The molecular formula is C14H28N2O3. The zero-order valence-corrected chi connectivity index (χ0v) is 13.1. The molecule has 112 valence electrons. The lowest BCUT2D eigenvalue weighted by Gasteiger charge is -2.31. The van der Waals surface area contributed by atoms with E-state index in [2.05, 4.69) is 38.3 Å². The maximum absolute atomic E-state index is 11.8. The summed E-state index contributed by atoms with van der Waals surface area (Å²) in [6, 6.07) is -1.34. The molecule has 0 aliphatic rings. The Kier molecular flexibility index (Phi) is 5.84. The van der Waals surface area contributed by atoms with E-state index in [-0.39, 0.29) is 5.41 Å². The van der Waals surface area contributed by atoms with Crippen molar-refractivity contribution in [1.29, 1.82) is 0 Å². The standard InChI is InChI=1S/C14H28N2O3/c1-9(2)14(6,7)8-15-12(19)16-10(11(17)18)13(3,4)5/h9-10H,8H2,1-7H3,(H,17,18)(H2,15,16,19). The van der Waals surface area contributed by atoms with Gasteiger partial charge in [-0.3, -0.25) is 0 Å². The van der Waals surface area contributed by atoms with Crippen LogP contribution >= 0.6 is 0 Å². The summed E-state index contributed by atoms with van der Waals surface area (Å²) in [4.78, 5) is 22.9. The third kappa shape index (κ3) is 5.94. The van der Waals surface area contributed by atoms with Gasteiger partial charge >= 0.3 is 12.0 Å². The van der Waals surface area contributed by atoms with Crippen molar-refractivity contribution in [2.24, 2.45) is 16.7 Å². The molecule has 0 saturated heterocycles. The van der Waals surface area contributed by atoms with E-state index in [0.29, 0.717) is 12.5 Å². The van der Waals surface area contributed by atoms with Gasteiger partial charge in [-0.25, -0.2) is 9.59 Å². The van der Waals surface area contributed by atoms with Gasteiger partial charge in [0.15, 0.2) is 0 Å². The maximum atomic E-state index is 11.8. The second-order valence-corrected chi connectivity index (χ2v) is 7.11. The molecule has 5 heteroatoms. The van der Waals surface area contributed by atoms with E-state index in [1.807, 2.05) is 0 Å². The van der Waals surface area contributed by atoms with Crippen molar-refractivity contribution in [2.75, 3.05) is 6.54 Å². The normalized spacial score (nSPS) is 14.1. The van der Waals surface area contributed by atoms with Crippen molar-refractivity contribution in [3.05, 3.63) is 0 Å². The van der Waals surface area contributed by atoms with E-state index >= 15 is 0 Å². The van der Waals surface area contributed by atoms with Crippen LogP contribution in [-0.4, -0.2) is 29.7 Å².